The molecule has 470 valence electrons. The number of amides is 10. The van der Waals surface area contributed by atoms with Crippen LogP contribution in [0.25, 0.3) is 0 Å². The van der Waals surface area contributed by atoms with Crippen molar-refractivity contribution in [1.29, 1.82) is 0 Å². The molecule has 5 N–H and O–H groups in total. The largest absolute Gasteiger partial charge is 1.00 e. The average Bonchev–Trinajstić information content (AvgIpc) is 2.22. The van der Waals surface area contributed by atoms with E-state index in [9.17, 15) is 24.0 Å². The zero-order chi connectivity index (χ0) is 60.4. The molecule has 25 heteroatoms. The highest BCUT2D eigenvalue weighted by molar-refractivity contribution is 7.57. The van der Waals surface area contributed by atoms with Crippen molar-refractivity contribution in [2.45, 2.75) is 0 Å². The van der Waals surface area contributed by atoms with Gasteiger partial charge in [-0.25, -0.2) is 24.0 Å². The van der Waals surface area contributed by atoms with Crippen LogP contribution in [0.2, 0.25) is 0 Å². The molecule has 0 unspecified atom stereocenters. The second kappa shape index (κ2) is 43.6. The first-order valence-corrected chi connectivity index (χ1v) is 28.5. The van der Waals surface area contributed by atoms with Crippen LogP contribution in [0.5, 0.6) is 0 Å². The molecule has 10 aromatic rings. The van der Waals surface area contributed by atoms with Crippen molar-refractivity contribution < 1.29 is 47.5 Å². The van der Waals surface area contributed by atoms with E-state index in [1.165, 1.54) is 0 Å². The number of rotatable bonds is 10. The molecule has 15 nitrogen and oxygen atoms in total. The molecule has 0 aliphatic rings. The lowest BCUT2D eigenvalue weighted by Crippen LogP contribution is -3.00. The van der Waals surface area contributed by atoms with E-state index in [1.807, 2.05) is 303 Å². The lowest BCUT2D eigenvalue weighted by atomic mass is 10.2. The Morgan fingerprint density at radius 3 is 0.322 bits per heavy atom. The Kier molecular flexibility index (Phi) is 37.7. The van der Waals surface area contributed by atoms with Gasteiger partial charge in [-0.15, -0.1) is 0 Å². The minimum Gasteiger partial charge on any atom is -1.00 e. The molecule has 0 aliphatic carbocycles. The first-order valence-electron chi connectivity index (χ1n) is 26.0. The molecule has 0 spiro atoms. The fraction of sp³-hybridized carbons (Fsp3) is 0. The summed E-state index contributed by atoms with van der Waals surface area (Å²) in [6.07, 6.45) is 0. The number of nitrogens with zero attached hydrogens (tertiary/aromatic N) is 5. The van der Waals surface area contributed by atoms with Crippen LogP contribution in [0.15, 0.2) is 303 Å². The molecule has 0 radical (unpaired) electrons. The van der Waals surface area contributed by atoms with E-state index in [-0.39, 0.29) is 53.7 Å². The molecule has 0 aromatic heterocycles. The van der Waals surface area contributed by atoms with E-state index >= 15 is 0 Å². The second-order valence-electron chi connectivity index (χ2n) is 17.2. The average molecular weight is 1320 g/mol. The third kappa shape index (κ3) is 23.6. The number of hydrogen-bond donors (Lipinski definition) is 5. The summed E-state index contributed by atoms with van der Waals surface area (Å²) >= 11 is 15.1. The van der Waals surface area contributed by atoms with Crippen molar-refractivity contribution in [2.75, 3.05) is 24.5 Å². The van der Waals surface area contributed by atoms with Gasteiger partial charge in [-0.3, -0.25) is 24.5 Å². The molecule has 0 atom stereocenters. The minimum atomic E-state index is -0.237. The number of carbonyl (C=O) groups is 5. The predicted molar refractivity (Wildman–Crippen MR) is 369 cm³/mol. The summed E-state index contributed by atoms with van der Waals surface area (Å²) < 4.78 is 12.3. The van der Waals surface area contributed by atoms with E-state index in [0.29, 0.717) is 0 Å². The number of para-hydroxylation sites is 10. The van der Waals surface area contributed by atoms with Gasteiger partial charge >= 0.3 is 30.2 Å². The van der Waals surface area contributed by atoms with E-state index in [1.54, 1.807) is 24.5 Å². The molecular weight excluding hydrogens is 1260 g/mol. The van der Waals surface area contributed by atoms with Crippen LogP contribution in [0.3, 0.4) is 0 Å². The molecule has 0 heterocycles. The molecule has 10 rings (SSSR count). The Morgan fingerprint density at radius 2 is 0.256 bits per heavy atom. The van der Waals surface area contributed by atoms with E-state index < -0.39 is 0 Å². The Balaban J connectivity index is 0.000000555. The fourth-order valence-electron chi connectivity index (χ4n) is 7.97. The van der Waals surface area contributed by atoms with Crippen LogP contribution in [-0.4, -0.2) is 30.2 Å². The molecule has 0 aliphatic heterocycles. The van der Waals surface area contributed by atoms with Crippen LogP contribution in [0.4, 0.5) is 80.8 Å². The molecule has 0 saturated carbocycles. The standard InChI is InChI=1S/5C13H12N2OS.5FH/c5*16-13(14-17)15(11-7-3-1-4-8-11)12-9-5-2-6-10-12;;;;;/h5*1-10,17H,(H,14,16);5*1H. The lowest BCUT2D eigenvalue weighted by molar-refractivity contribution is -0.00100. The molecule has 0 fully saturated rings. The van der Waals surface area contributed by atoms with Crippen LogP contribution >= 0.6 is 0 Å². The predicted octanol–water partition coefficient (Wildman–Crippen LogP) is -2.68. The Labute approximate surface area is 546 Å². The number of halogens is 5. The Bertz CT molecular complexity index is 2820. The number of urea groups is 5. The first-order chi connectivity index (χ1) is 41.6. The Morgan fingerprint density at radius 1 is 0.178 bits per heavy atom. The van der Waals surface area contributed by atoms with Gasteiger partial charge in [0.15, 0.2) is 0 Å². The summed E-state index contributed by atoms with van der Waals surface area (Å²) in [5.74, 6) is 0. The van der Waals surface area contributed by atoms with Crippen molar-refractivity contribution in [3.63, 3.8) is 0 Å². The van der Waals surface area contributed by atoms with Crippen LogP contribution in [0.1, 0.15) is 0 Å². The summed E-state index contributed by atoms with van der Waals surface area (Å²) in [6.45, 7) is 0. The smallest absolute Gasteiger partial charge is 0.367 e. The van der Waals surface area contributed by atoms with Crippen LogP contribution < -0.4 is 71.6 Å². The van der Waals surface area contributed by atoms with Crippen molar-refractivity contribution in [3.05, 3.63) is 303 Å². The minimum absolute atomic E-state index is 0. The highest BCUT2D eigenvalue weighted by atomic mass is 32.1. The quantitative estimate of drug-likeness (QED) is 0.0746. The second-order valence-corrected chi connectivity index (χ2v) is 18.4. The first kappa shape index (κ1) is 78.0. The number of carbonyl (C=O) groups excluding carboxylic acids is 5. The van der Waals surface area contributed by atoms with Crippen molar-refractivity contribution in [2.24, 2.45) is 0 Å². The van der Waals surface area contributed by atoms with Gasteiger partial charge in [-0.1, -0.05) is 182 Å². The van der Waals surface area contributed by atoms with Crippen LogP contribution in [-0.2, 0) is 64.1 Å². The lowest BCUT2D eigenvalue weighted by Gasteiger charge is -2.20. The summed E-state index contributed by atoms with van der Waals surface area (Å²) in [6, 6.07) is 93.5. The van der Waals surface area contributed by atoms with Gasteiger partial charge < -0.3 is 23.5 Å². The third-order valence-electron chi connectivity index (χ3n) is 11.7. The van der Waals surface area contributed by atoms with Gasteiger partial charge in [-0.05, 0) is 121 Å². The van der Waals surface area contributed by atoms with Crippen LogP contribution in [0, 0.1) is 0 Å². The molecule has 10 aromatic carbocycles. The Hall–Kier alpha value is -10.1. The van der Waals surface area contributed by atoms with Gasteiger partial charge in [0.2, 0.25) is 0 Å². The van der Waals surface area contributed by atoms with Gasteiger partial charge in [0, 0.05) is 0 Å². The van der Waals surface area contributed by atoms with Gasteiger partial charge in [-0.2, -0.15) is 23.6 Å². The maximum absolute atomic E-state index is 11.9. The summed E-state index contributed by atoms with van der Waals surface area (Å²) in [5.41, 5.74) is 8.14. The van der Waals surface area contributed by atoms with E-state index in [0.717, 1.165) is 56.9 Å². The maximum Gasteiger partial charge on any atom is 0.367 e. The zero-order valence-electron chi connectivity index (χ0n) is 47.5. The summed E-state index contributed by atoms with van der Waals surface area (Å²) in [5, 5.41) is 0. The monoisotopic (exact) mass is 1320 g/mol. The number of hydrogen-bond acceptors (Lipinski definition) is 5. The normalized spacial score (nSPS) is 9.17. The highest BCUT2D eigenvalue weighted by Crippen LogP contribution is 2.29. The van der Waals surface area contributed by atoms with Crippen molar-refractivity contribution in [3.8, 4) is 0 Å². The summed E-state index contributed by atoms with van der Waals surface area (Å²) in [7, 11) is 0. The molecule has 90 heavy (non-hydrogen) atoms. The number of anilines is 10. The van der Waals surface area contributed by atoms with E-state index in [2.05, 4.69) is 87.7 Å². The maximum atomic E-state index is 11.9. The molecule has 0 saturated heterocycles. The summed E-state index contributed by atoms with van der Waals surface area (Å²) in [4.78, 5) is 67.3. The fourth-order valence-corrected chi connectivity index (χ4v) is 8.53. The number of benzene rings is 10. The van der Waals surface area contributed by atoms with Crippen molar-refractivity contribution >= 4 is 151 Å². The van der Waals surface area contributed by atoms with Gasteiger partial charge in [0.05, 0.1) is 121 Å². The zero-order valence-corrected chi connectivity index (χ0v) is 52.5. The van der Waals surface area contributed by atoms with Gasteiger partial charge in [0.1, 0.15) is 0 Å². The third-order valence-corrected chi connectivity index (χ3v) is 12.8. The molecule has 10 amide bonds. The highest BCUT2D eigenvalue weighted by Gasteiger charge is 2.22. The molecular formula is C65H65F5N10O5S5. The molecule has 0 bridgehead atoms. The SMILES string of the molecule is O=C(N[SH2+])N(c1ccccc1)c1ccccc1.O=C(N[SH2+])N(c1ccccc1)c1ccccc1.O=C(N[SH2+])N(c1ccccc1)c1ccccc1.O=C(N[SH2+])N(c1ccccc1)c1ccccc1.O=C(N[SH2+])N(c1ccccc1)c1ccccc1.[F-].[F-].[F-].[F-].[F-]. The number of nitrogens with one attached hydrogen (secondary N) is 5. The van der Waals surface area contributed by atoms with Gasteiger partial charge in [0.25, 0.3) is 0 Å². The van der Waals surface area contributed by atoms with E-state index in [4.69, 9.17) is 0 Å². The van der Waals surface area contributed by atoms with Crippen molar-refractivity contribution in [1.82, 2.24) is 23.6 Å². The topological polar surface area (TPSA) is 162 Å².